The number of benzene rings is 1. The largest absolute Gasteiger partial charge is 0.497 e. The summed E-state index contributed by atoms with van der Waals surface area (Å²) >= 11 is 0. The van der Waals surface area contributed by atoms with Gasteiger partial charge in [0.05, 0.1) is 12.8 Å². The third-order valence-corrected chi connectivity index (χ3v) is 2.18. The molecule has 0 bridgehead atoms. The van der Waals surface area contributed by atoms with Crippen LogP contribution in [0.2, 0.25) is 0 Å². The molecular weight excluding hydrogens is 190 g/mol. The predicted octanol–water partition coefficient (Wildman–Crippen LogP) is 1.92. The van der Waals surface area contributed by atoms with Crippen molar-refractivity contribution in [3.63, 3.8) is 0 Å². The molecule has 4 nitrogen and oxygen atoms in total. The fraction of sp³-hybridized carbons (Fsp3) is 0.182. The number of hydrogen-bond donors (Lipinski definition) is 1. The summed E-state index contributed by atoms with van der Waals surface area (Å²) < 4.78 is 6.90. The number of methoxy groups -OCH3 is 1. The van der Waals surface area contributed by atoms with Gasteiger partial charge in [0.15, 0.2) is 0 Å². The number of hydrogen-bond acceptors (Lipinski definition) is 3. The molecule has 1 N–H and O–H groups in total. The highest BCUT2D eigenvalue weighted by molar-refractivity contribution is 5.40. The normalized spacial score (nSPS) is 10.0. The van der Waals surface area contributed by atoms with Crippen molar-refractivity contribution in [3.8, 4) is 11.4 Å². The maximum absolute atomic E-state index is 5.09. The molecule has 0 unspecified atom stereocenters. The topological polar surface area (TPSA) is 39.1 Å². The van der Waals surface area contributed by atoms with Crippen LogP contribution in [0.5, 0.6) is 5.75 Å². The van der Waals surface area contributed by atoms with Gasteiger partial charge in [0.2, 0.25) is 0 Å². The van der Waals surface area contributed by atoms with Gasteiger partial charge in [-0.15, -0.1) is 0 Å². The van der Waals surface area contributed by atoms with Crippen molar-refractivity contribution >= 4 is 5.82 Å². The second kappa shape index (κ2) is 4.04. The predicted molar refractivity (Wildman–Crippen MR) is 59.7 cm³/mol. The molecule has 1 aromatic heterocycles. The van der Waals surface area contributed by atoms with Crippen LogP contribution < -0.4 is 10.1 Å². The lowest BCUT2D eigenvalue weighted by atomic mass is 10.3. The minimum absolute atomic E-state index is 0.847. The second-order valence-electron chi connectivity index (χ2n) is 3.09. The molecule has 0 saturated heterocycles. The Kier molecular flexibility index (Phi) is 2.58. The molecule has 4 heteroatoms. The van der Waals surface area contributed by atoms with Crippen molar-refractivity contribution in [2.45, 2.75) is 0 Å². The van der Waals surface area contributed by atoms with Crippen LogP contribution in [0.3, 0.4) is 0 Å². The van der Waals surface area contributed by atoms with E-state index in [0.717, 1.165) is 17.3 Å². The maximum atomic E-state index is 5.09. The molecule has 78 valence electrons. The lowest BCUT2D eigenvalue weighted by Crippen LogP contribution is -1.96. The fourth-order valence-electron chi connectivity index (χ4n) is 1.34. The first kappa shape index (κ1) is 9.58. The molecule has 0 radical (unpaired) electrons. The molecule has 0 saturated carbocycles. The lowest BCUT2D eigenvalue weighted by Gasteiger charge is -2.03. The molecule has 0 spiro atoms. The minimum atomic E-state index is 0.847. The number of rotatable bonds is 3. The van der Waals surface area contributed by atoms with Gasteiger partial charge in [-0.1, -0.05) is 0 Å². The molecule has 0 aliphatic carbocycles. The summed E-state index contributed by atoms with van der Waals surface area (Å²) in [7, 11) is 3.50. The van der Waals surface area contributed by atoms with Gasteiger partial charge in [0, 0.05) is 19.3 Å². The van der Waals surface area contributed by atoms with Crippen molar-refractivity contribution in [2.75, 3.05) is 19.5 Å². The Morgan fingerprint density at radius 3 is 2.47 bits per heavy atom. The smallest absolute Gasteiger partial charge is 0.148 e. The first-order valence-electron chi connectivity index (χ1n) is 4.71. The monoisotopic (exact) mass is 203 g/mol. The van der Waals surface area contributed by atoms with Gasteiger partial charge in [-0.05, 0) is 24.3 Å². The van der Waals surface area contributed by atoms with Crippen LogP contribution >= 0.6 is 0 Å². The van der Waals surface area contributed by atoms with Gasteiger partial charge in [-0.25, -0.2) is 4.68 Å². The van der Waals surface area contributed by atoms with Gasteiger partial charge < -0.3 is 10.1 Å². The van der Waals surface area contributed by atoms with E-state index in [1.165, 1.54) is 0 Å². The molecule has 0 aliphatic rings. The van der Waals surface area contributed by atoms with Crippen LogP contribution in [0.4, 0.5) is 5.82 Å². The van der Waals surface area contributed by atoms with Gasteiger partial charge in [-0.2, -0.15) is 5.10 Å². The van der Waals surface area contributed by atoms with Gasteiger partial charge in [-0.3, -0.25) is 0 Å². The van der Waals surface area contributed by atoms with Gasteiger partial charge in [0.1, 0.15) is 11.6 Å². The fourth-order valence-corrected chi connectivity index (χ4v) is 1.34. The van der Waals surface area contributed by atoms with Crippen LogP contribution in [0.15, 0.2) is 36.5 Å². The molecular formula is C11H13N3O. The van der Waals surface area contributed by atoms with E-state index >= 15 is 0 Å². The summed E-state index contributed by atoms with van der Waals surface area (Å²) in [6.07, 6.45) is 1.91. The quantitative estimate of drug-likeness (QED) is 0.828. The molecule has 0 fully saturated rings. The summed E-state index contributed by atoms with van der Waals surface area (Å²) in [6.45, 7) is 0. The average Bonchev–Trinajstić information content (AvgIpc) is 2.78. The van der Waals surface area contributed by atoms with Gasteiger partial charge in [0.25, 0.3) is 0 Å². The summed E-state index contributed by atoms with van der Waals surface area (Å²) in [5.74, 6) is 1.70. The van der Waals surface area contributed by atoms with E-state index in [9.17, 15) is 0 Å². The van der Waals surface area contributed by atoms with Crippen molar-refractivity contribution in [1.82, 2.24) is 9.78 Å². The highest BCUT2D eigenvalue weighted by Crippen LogP contribution is 2.15. The first-order valence-corrected chi connectivity index (χ1v) is 4.71. The van der Waals surface area contributed by atoms with Crippen LogP contribution in [0, 0.1) is 0 Å². The summed E-state index contributed by atoms with van der Waals surface area (Å²) in [5.41, 5.74) is 1.01. The Bertz CT molecular complexity index is 433. The Morgan fingerprint density at radius 1 is 1.20 bits per heavy atom. The van der Waals surface area contributed by atoms with E-state index in [1.807, 2.05) is 48.3 Å². The first-order chi connectivity index (χ1) is 7.33. The summed E-state index contributed by atoms with van der Waals surface area (Å²) in [5, 5.41) is 7.30. The van der Waals surface area contributed by atoms with Crippen LogP contribution in [-0.4, -0.2) is 23.9 Å². The summed E-state index contributed by atoms with van der Waals surface area (Å²) in [6, 6.07) is 9.67. The Labute approximate surface area is 88.5 Å². The van der Waals surface area contributed by atoms with Crippen molar-refractivity contribution in [1.29, 1.82) is 0 Å². The zero-order chi connectivity index (χ0) is 10.7. The number of anilines is 1. The van der Waals surface area contributed by atoms with Crippen LogP contribution in [0.1, 0.15) is 0 Å². The van der Waals surface area contributed by atoms with Crippen LogP contribution in [0.25, 0.3) is 5.69 Å². The molecule has 2 aromatic rings. The standard InChI is InChI=1S/C11H13N3O/c1-12-11-7-8-14(13-11)9-3-5-10(15-2)6-4-9/h3-8H,1-2H3,(H,12,13). The number of nitrogens with one attached hydrogen (secondary N) is 1. The van der Waals surface area contributed by atoms with E-state index in [2.05, 4.69) is 10.4 Å². The van der Waals surface area contributed by atoms with E-state index < -0.39 is 0 Å². The van der Waals surface area contributed by atoms with Crippen molar-refractivity contribution in [3.05, 3.63) is 36.5 Å². The molecule has 2 rings (SSSR count). The maximum Gasteiger partial charge on any atom is 0.148 e. The third-order valence-electron chi connectivity index (χ3n) is 2.18. The molecule has 0 aliphatic heterocycles. The molecule has 1 aromatic carbocycles. The zero-order valence-corrected chi connectivity index (χ0v) is 8.77. The SMILES string of the molecule is CNc1ccn(-c2ccc(OC)cc2)n1. The van der Waals surface area contributed by atoms with E-state index in [0.29, 0.717) is 0 Å². The van der Waals surface area contributed by atoms with Crippen molar-refractivity contribution < 1.29 is 4.74 Å². The molecule has 1 heterocycles. The Morgan fingerprint density at radius 2 is 1.93 bits per heavy atom. The Balaban J connectivity index is 2.28. The minimum Gasteiger partial charge on any atom is -0.497 e. The highest BCUT2D eigenvalue weighted by atomic mass is 16.5. The number of ether oxygens (including phenoxy) is 1. The molecule has 0 amide bonds. The lowest BCUT2D eigenvalue weighted by molar-refractivity contribution is 0.414. The van der Waals surface area contributed by atoms with Crippen LogP contribution in [-0.2, 0) is 0 Å². The highest BCUT2D eigenvalue weighted by Gasteiger charge is 1.99. The van der Waals surface area contributed by atoms with E-state index in [-0.39, 0.29) is 0 Å². The molecule has 0 atom stereocenters. The van der Waals surface area contributed by atoms with E-state index in [1.54, 1.807) is 7.11 Å². The third kappa shape index (κ3) is 1.93. The number of nitrogens with zero attached hydrogens (tertiary/aromatic N) is 2. The average molecular weight is 203 g/mol. The zero-order valence-electron chi connectivity index (χ0n) is 8.77. The molecule has 15 heavy (non-hydrogen) atoms. The second-order valence-corrected chi connectivity index (χ2v) is 3.09. The van der Waals surface area contributed by atoms with Gasteiger partial charge >= 0.3 is 0 Å². The number of aromatic nitrogens is 2. The summed E-state index contributed by atoms with van der Waals surface area (Å²) in [4.78, 5) is 0. The Hall–Kier alpha value is -1.97. The van der Waals surface area contributed by atoms with Crippen molar-refractivity contribution in [2.24, 2.45) is 0 Å². The van der Waals surface area contributed by atoms with E-state index in [4.69, 9.17) is 4.74 Å².